The molecule has 3 aromatic rings. The largest absolute Gasteiger partial charge is 0.311 e. The second-order valence-electron chi connectivity index (χ2n) is 4.64. The smallest absolute Gasteiger partial charge is 0.189 e. The predicted octanol–water partition coefficient (Wildman–Crippen LogP) is 3.95. The zero-order valence-electron chi connectivity index (χ0n) is 11.6. The molecule has 1 radical (unpaired) electrons. The van der Waals surface area contributed by atoms with Crippen molar-refractivity contribution in [2.45, 2.75) is 13.8 Å². The van der Waals surface area contributed by atoms with E-state index in [4.69, 9.17) is 0 Å². The van der Waals surface area contributed by atoms with Crippen LogP contribution in [0.1, 0.15) is 11.1 Å². The van der Waals surface area contributed by atoms with E-state index >= 15 is 0 Å². The van der Waals surface area contributed by atoms with E-state index in [-0.39, 0.29) is 20.1 Å². The van der Waals surface area contributed by atoms with E-state index in [1.54, 1.807) is 0 Å². The van der Waals surface area contributed by atoms with Crippen LogP contribution in [0.2, 0.25) is 0 Å². The fourth-order valence-corrected chi connectivity index (χ4v) is 2.91. The van der Waals surface area contributed by atoms with Crippen molar-refractivity contribution in [1.29, 1.82) is 0 Å². The normalized spacial score (nSPS) is 10.2. The zero-order chi connectivity index (χ0) is 14.1. The van der Waals surface area contributed by atoms with Crippen molar-refractivity contribution < 1.29 is 20.1 Å². The monoisotopic (exact) mass is 567 g/mol. The maximum atomic E-state index is 4.32. The Morgan fingerprint density at radius 2 is 1.71 bits per heavy atom. The molecule has 3 rings (SSSR count). The number of para-hydroxylation sites is 1. The third-order valence-corrected chi connectivity index (χ3v) is 3.93. The van der Waals surface area contributed by atoms with Gasteiger partial charge in [0.2, 0.25) is 0 Å². The summed E-state index contributed by atoms with van der Waals surface area (Å²) >= 11 is 2.22. The van der Waals surface area contributed by atoms with E-state index in [1.807, 2.05) is 24.3 Å². The van der Waals surface area contributed by atoms with Crippen LogP contribution in [-0.2, 0) is 20.1 Å². The van der Waals surface area contributed by atoms with Gasteiger partial charge in [-0.3, -0.25) is 0 Å². The van der Waals surface area contributed by atoms with Gasteiger partial charge in [0.05, 0.1) is 5.82 Å². The average molecular weight is 566 g/mol. The van der Waals surface area contributed by atoms with Gasteiger partial charge in [0.1, 0.15) is 0 Å². The molecule has 0 aliphatic heterocycles. The van der Waals surface area contributed by atoms with Crippen LogP contribution >= 0.6 is 22.6 Å². The average Bonchev–Trinajstić information content (AvgIpc) is 2.82. The van der Waals surface area contributed by atoms with Gasteiger partial charge in [0.25, 0.3) is 0 Å². The molecular formula is C16H13IIrN3-. The van der Waals surface area contributed by atoms with Gasteiger partial charge >= 0.3 is 0 Å². The van der Waals surface area contributed by atoms with E-state index in [1.165, 1.54) is 11.1 Å². The molecule has 0 aliphatic carbocycles. The second kappa shape index (κ2) is 6.81. The molecule has 0 saturated carbocycles. The summed E-state index contributed by atoms with van der Waals surface area (Å²) < 4.78 is 2.95. The molecule has 0 N–H and O–H groups in total. The summed E-state index contributed by atoms with van der Waals surface area (Å²) in [4.78, 5) is 0. The predicted molar refractivity (Wildman–Crippen MR) is 87.8 cm³/mol. The van der Waals surface area contributed by atoms with Crippen molar-refractivity contribution in [2.75, 3.05) is 0 Å². The summed E-state index contributed by atoms with van der Waals surface area (Å²) in [6.45, 7) is 4.22. The van der Waals surface area contributed by atoms with Crippen LogP contribution in [-0.4, -0.2) is 14.8 Å². The fraction of sp³-hybridized carbons (Fsp3) is 0.125. The Kier molecular flexibility index (Phi) is 5.30. The number of hydrogen-bond donors (Lipinski definition) is 0. The zero-order valence-corrected chi connectivity index (χ0v) is 16.1. The molecule has 1 heterocycles. The molecule has 2 aromatic carbocycles. The Labute approximate surface area is 151 Å². The van der Waals surface area contributed by atoms with E-state index in [0.717, 1.165) is 20.9 Å². The molecule has 0 aliphatic rings. The van der Waals surface area contributed by atoms with Crippen LogP contribution in [0.4, 0.5) is 0 Å². The molecule has 0 bridgehead atoms. The first-order valence-corrected chi connectivity index (χ1v) is 7.41. The number of aryl methyl sites for hydroxylation is 2. The number of aromatic nitrogens is 3. The fourth-order valence-electron chi connectivity index (χ4n) is 2.33. The van der Waals surface area contributed by atoms with E-state index in [0.29, 0.717) is 0 Å². The number of nitrogens with zero attached hydrogens (tertiary/aromatic N) is 3. The molecule has 3 nitrogen and oxygen atoms in total. The molecule has 5 heteroatoms. The summed E-state index contributed by atoms with van der Waals surface area (Å²) in [5.41, 5.74) is 4.51. The first kappa shape index (κ1) is 16.3. The Bertz CT molecular complexity index is 733. The molecule has 109 valence electrons. The molecule has 0 saturated heterocycles. The number of rotatable bonds is 2. The molecule has 0 amide bonds. The van der Waals surface area contributed by atoms with Crippen LogP contribution in [0.15, 0.2) is 42.5 Å². The number of hydrogen-bond acceptors (Lipinski definition) is 2. The first-order valence-electron chi connectivity index (χ1n) is 6.33. The standard InChI is InChI=1S/C16H13IN3.Ir/c1-11-7-6-8-12(2)14(11)20-15(18-19-16(20)17)13-9-4-3-5-10-13;/h3-9H,1-2H3;/q-1;. The molecule has 1 aromatic heterocycles. The molecule has 0 unspecified atom stereocenters. The summed E-state index contributed by atoms with van der Waals surface area (Å²) in [5, 5.41) is 8.55. The van der Waals surface area contributed by atoms with Crippen molar-refractivity contribution in [3.63, 3.8) is 0 Å². The third kappa shape index (κ3) is 3.10. The first-order chi connectivity index (χ1) is 9.68. The van der Waals surface area contributed by atoms with Crippen molar-refractivity contribution in [2.24, 2.45) is 0 Å². The molecule has 21 heavy (non-hydrogen) atoms. The maximum absolute atomic E-state index is 4.32. The van der Waals surface area contributed by atoms with Gasteiger partial charge in [0, 0.05) is 48.4 Å². The summed E-state index contributed by atoms with van der Waals surface area (Å²) in [7, 11) is 0. The quantitative estimate of drug-likeness (QED) is 0.348. The van der Waals surface area contributed by atoms with Crippen molar-refractivity contribution in [1.82, 2.24) is 14.8 Å². The van der Waals surface area contributed by atoms with Crippen LogP contribution in [0, 0.1) is 23.7 Å². The van der Waals surface area contributed by atoms with E-state index < -0.39 is 0 Å². The van der Waals surface area contributed by atoms with Crippen molar-refractivity contribution in [3.8, 4) is 17.1 Å². The van der Waals surface area contributed by atoms with Crippen LogP contribution in [0.5, 0.6) is 0 Å². The second-order valence-corrected chi connectivity index (χ2v) is 5.61. The van der Waals surface area contributed by atoms with Crippen molar-refractivity contribution >= 4 is 22.6 Å². The Hall–Kier alpha value is -1.04. The van der Waals surface area contributed by atoms with Gasteiger partial charge < -0.3 is 4.57 Å². The SMILES string of the molecule is Cc1cccc(C)c1-n1c(I)nnc1-c1[c-]cccc1.[Ir]. The maximum Gasteiger partial charge on any atom is 0.189 e. The van der Waals surface area contributed by atoms with Gasteiger partial charge in [0.15, 0.2) is 3.83 Å². The third-order valence-electron chi connectivity index (χ3n) is 3.24. The van der Waals surface area contributed by atoms with Gasteiger partial charge in [-0.25, -0.2) is 0 Å². The van der Waals surface area contributed by atoms with E-state index in [2.05, 4.69) is 75.5 Å². The Morgan fingerprint density at radius 3 is 2.33 bits per heavy atom. The van der Waals surface area contributed by atoms with Crippen LogP contribution < -0.4 is 0 Å². The summed E-state index contributed by atoms with van der Waals surface area (Å²) in [6.07, 6.45) is 0. The Balaban J connectivity index is 0.00000161. The van der Waals surface area contributed by atoms with Crippen molar-refractivity contribution in [3.05, 3.63) is 63.5 Å². The number of benzene rings is 2. The van der Waals surface area contributed by atoms with Gasteiger partial charge in [-0.2, -0.15) is 5.10 Å². The molecular weight excluding hydrogens is 553 g/mol. The minimum Gasteiger partial charge on any atom is -0.311 e. The minimum atomic E-state index is 0. The van der Waals surface area contributed by atoms with Gasteiger partial charge in [-0.1, -0.05) is 18.2 Å². The summed E-state index contributed by atoms with van der Waals surface area (Å²) in [5.74, 6) is 0.826. The topological polar surface area (TPSA) is 30.7 Å². The van der Waals surface area contributed by atoms with Crippen LogP contribution in [0.3, 0.4) is 0 Å². The summed E-state index contributed by atoms with van der Waals surface area (Å²) in [6, 6.07) is 17.3. The van der Waals surface area contributed by atoms with Gasteiger partial charge in [-0.05, 0) is 25.0 Å². The molecule has 0 spiro atoms. The van der Waals surface area contributed by atoms with Gasteiger partial charge in [-0.15, -0.1) is 41.0 Å². The van der Waals surface area contributed by atoms with E-state index in [9.17, 15) is 0 Å². The Morgan fingerprint density at radius 1 is 1.00 bits per heavy atom. The van der Waals surface area contributed by atoms with Crippen LogP contribution in [0.25, 0.3) is 17.1 Å². The number of halogens is 1. The molecule has 0 fully saturated rings. The molecule has 0 atom stereocenters. The minimum absolute atomic E-state index is 0.